The van der Waals surface area contributed by atoms with Crippen LogP contribution in [0.25, 0.3) is 10.8 Å². The first-order valence-corrected chi connectivity index (χ1v) is 7.80. The predicted molar refractivity (Wildman–Crippen MR) is 89.9 cm³/mol. The van der Waals surface area contributed by atoms with Crippen molar-refractivity contribution >= 4 is 22.8 Å². The molecular formula is C18H22N2O3. The van der Waals surface area contributed by atoms with E-state index < -0.39 is 18.0 Å². The number of alkyl carbamates (subject to hydrolysis) is 1. The summed E-state index contributed by atoms with van der Waals surface area (Å²) in [6.45, 7) is 2.38. The molecule has 3 N–H and O–H groups in total. The molecule has 0 aliphatic rings. The molecule has 2 rings (SSSR count). The molecule has 5 heteroatoms. The van der Waals surface area contributed by atoms with Gasteiger partial charge in [0.2, 0.25) is 5.91 Å². The van der Waals surface area contributed by atoms with Crippen LogP contribution in [0.1, 0.15) is 37.8 Å². The zero-order chi connectivity index (χ0) is 16.7. The van der Waals surface area contributed by atoms with E-state index in [1.165, 1.54) is 0 Å². The smallest absolute Gasteiger partial charge is 0.407 e. The Labute approximate surface area is 135 Å². The van der Waals surface area contributed by atoms with Crippen molar-refractivity contribution in [3.63, 3.8) is 0 Å². The van der Waals surface area contributed by atoms with Crippen molar-refractivity contribution < 1.29 is 14.3 Å². The molecule has 0 fully saturated rings. The van der Waals surface area contributed by atoms with Gasteiger partial charge in [0.15, 0.2) is 0 Å². The van der Waals surface area contributed by atoms with Crippen LogP contribution >= 0.6 is 0 Å². The van der Waals surface area contributed by atoms with Gasteiger partial charge in [-0.25, -0.2) is 4.79 Å². The van der Waals surface area contributed by atoms with Crippen molar-refractivity contribution in [2.45, 2.75) is 32.2 Å². The van der Waals surface area contributed by atoms with Gasteiger partial charge in [0, 0.05) is 0 Å². The monoisotopic (exact) mass is 314 g/mol. The molecular weight excluding hydrogens is 292 g/mol. The summed E-state index contributed by atoms with van der Waals surface area (Å²) in [5.41, 5.74) is 6.14. The first kappa shape index (κ1) is 16.8. The minimum atomic E-state index is -0.530. The largest absolute Gasteiger partial charge is 0.450 e. The van der Waals surface area contributed by atoms with Gasteiger partial charge in [-0.05, 0) is 28.8 Å². The van der Waals surface area contributed by atoms with Crippen molar-refractivity contribution in [3.05, 3.63) is 48.0 Å². The second-order valence-electron chi connectivity index (χ2n) is 5.46. The molecule has 0 spiro atoms. The van der Waals surface area contributed by atoms with E-state index in [0.717, 1.165) is 29.2 Å². The highest BCUT2D eigenvalue weighted by molar-refractivity contribution is 5.84. The summed E-state index contributed by atoms with van der Waals surface area (Å²) in [6, 6.07) is 13.2. The molecule has 0 radical (unpaired) electrons. The lowest BCUT2D eigenvalue weighted by Gasteiger charge is -2.18. The molecule has 2 aromatic carbocycles. The Bertz CT molecular complexity index is 685. The second kappa shape index (κ2) is 8.17. The fourth-order valence-corrected chi connectivity index (χ4v) is 2.37. The number of primary amides is 1. The molecule has 122 valence electrons. The number of fused-ring (bicyclic) bond motifs is 1. The van der Waals surface area contributed by atoms with Gasteiger partial charge in [-0.15, -0.1) is 0 Å². The number of carbonyl (C=O) groups excluding carboxylic acids is 2. The van der Waals surface area contributed by atoms with Gasteiger partial charge < -0.3 is 15.8 Å². The third kappa shape index (κ3) is 4.98. The number of nitrogens with one attached hydrogen (secondary N) is 1. The Hall–Kier alpha value is -2.56. The topological polar surface area (TPSA) is 81.4 Å². The Morgan fingerprint density at radius 3 is 2.61 bits per heavy atom. The molecule has 2 amide bonds. The number of hydrogen-bond acceptors (Lipinski definition) is 3. The van der Waals surface area contributed by atoms with E-state index in [4.69, 9.17) is 10.5 Å². The quantitative estimate of drug-likeness (QED) is 0.769. The van der Waals surface area contributed by atoms with E-state index in [0.29, 0.717) is 6.61 Å². The molecule has 5 nitrogen and oxygen atoms in total. The van der Waals surface area contributed by atoms with Crippen LogP contribution in [0.4, 0.5) is 4.79 Å². The van der Waals surface area contributed by atoms with Crippen LogP contribution in [0.5, 0.6) is 0 Å². The number of ether oxygens (including phenoxy) is 1. The van der Waals surface area contributed by atoms with Crippen LogP contribution in [0.2, 0.25) is 0 Å². The lowest BCUT2D eigenvalue weighted by atomic mass is 9.99. The van der Waals surface area contributed by atoms with Crippen molar-refractivity contribution in [1.82, 2.24) is 5.32 Å². The highest BCUT2D eigenvalue weighted by Gasteiger charge is 2.18. The second-order valence-corrected chi connectivity index (χ2v) is 5.46. The van der Waals surface area contributed by atoms with Crippen LogP contribution < -0.4 is 11.1 Å². The van der Waals surface area contributed by atoms with Crippen LogP contribution in [0, 0.1) is 0 Å². The van der Waals surface area contributed by atoms with E-state index in [9.17, 15) is 9.59 Å². The van der Waals surface area contributed by atoms with Gasteiger partial charge in [-0.3, -0.25) is 4.79 Å². The maximum absolute atomic E-state index is 11.9. The van der Waals surface area contributed by atoms with Crippen LogP contribution in [-0.2, 0) is 9.53 Å². The molecule has 0 aromatic heterocycles. The minimum absolute atomic E-state index is 0.0290. The van der Waals surface area contributed by atoms with Crippen LogP contribution in [0.3, 0.4) is 0 Å². The first-order chi connectivity index (χ1) is 11.1. The summed E-state index contributed by atoms with van der Waals surface area (Å²) in [6.07, 6.45) is 1.26. The minimum Gasteiger partial charge on any atom is -0.450 e. The fraction of sp³-hybridized carbons (Fsp3) is 0.333. The Kier molecular flexibility index (Phi) is 5.97. The van der Waals surface area contributed by atoms with Gasteiger partial charge in [-0.2, -0.15) is 0 Å². The molecule has 0 heterocycles. The molecule has 0 aliphatic carbocycles. The SMILES string of the molecule is CCCCOC(=O)NC(CC(N)=O)c1ccc2ccccc2c1. The molecule has 1 atom stereocenters. The highest BCUT2D eigenvalue weighted by Crippen LogP contribution is 2.22. The van der Waals surface area contributed by atoms with Gasteiger partial charge in [-0.1, -0.05) is 49.7 Å². The summed E-state index contributed by atoms with van der Waals surface area (Å²) in [7, 11) is 0. The Balaban J connectivity index is 2.15. The zero-order valence-electron chi connectivity index (χ0n) is 13.2. The molecule has 0 saturated heterocycles. The Morgan fingerprint density at radius 1 is 1.17 bits per heavy atom. The lowest BCUT2D eigenvalue weighted by Crippen LogP contribution is -2.32. The summed E-state index contributed by atoms with van der Waals surface area (Å²) in [4.78, 5) is 23.2. The van der Waals surface area contributed by atoms with Crippen molar-refractivity contribution in [1.29, 1.82) is 0 Å². The lowest BCUT2D eigenvalue weighted by molar-refractivity contribution is -0.118. The molecule has 0 aliphatic heterocycles. The van der Waals surface area contributed by atoms with E-state index in [2.05, 4.69) is 5.32 Å². The molecule has 0 saturated carbocycles. The summed E-state index contributed by atoms with van der Waals surface area (Å²) in [5.74, 6) is -0.475. The number of rotatable bonds is 7. The number of benzene rings is 2. The number of hydrogen-bond donors (Lipinski definition) is 2. The van der Waals surface area contributed by atoms with Gasteiger partial charge >= 0.3 is 6.09 Å². The van der Waals surface area contributed by atoms with E-state index in [1.807, 2.05) is 49.4 Å². The van der Waals surface area contributed by atoms with Gasteiger partial charge in [0.1, 0.15) is 0 Å². The number of unbranched alkanes of at least 4 members (excludes halogenated alkanes) is 1. The molecule has 1 unspecified atom stereocenters. The predicted octanol–water partition coefficient (Wildman–Crippen LogP) is 3.28. The molecule has 2 aromatic rings. The van der Waals surface area contributed by atoms with Crippen molar-refractivity contribution in [2.24, 2.45) is 5.73 Å². The third-order valence-corrected chi connectivity index (χ3v) is 3.60. The number of nitrogens with two attached hydrogens (primary N) is 1. The van der Waals surface area contributed by atoms with Gasteiger partial charge in [0.25, 0.3) is 0 Å². The fourth-order valence-electron chi connectivity index (χ4n) is 2.37. The molecule has 23 heavy (non-hydrogen) atoms. The van der Waals surface area contributed by atoms with Crippen molar-refractivity contribution in [2.75, 3.05) is 6.61 Å². The Morgan fingerprint density at radius 2 is 1.91 bits per heavy atom. The van der Waals surface area contributed by atoms with Crippen molar-refractivity contribution in [3.8, 4) is 0 Å². The first-order valence-electron chi connectivity index (χ1n) is 7.80. The third-order valence-electron chi connectivity index (χ3n) is 3.60. The summed E-state index contributed by atoms with van der Waals surface area (Å²) < 4.78 is 5.10. The standard InChI is InChI=1S/C18H22N2O3/c1-2-3-10-23-18(22)20-16(12-17(19)21)15-9-8-13-6-4-5-7-14(13)11-15/h4-9,11,16H,2-3,10,12H2,1H3,(H2,19,21)(H,20,22). The molecule has 0 bridgehead atoms. The summed E-state index contributed by atoms with van der Waals surface area (Å²) in [5, 5.41) is 4.87. The van der Waals surface area contributed by atoms with Crippen LogP contribution in [-0.4, -0.2) is 18.6 Å². The van der Waals surface area contributed by atoms with Gasteiger partial charge in [0.05, 0.1) is 19.1 Å². The maximum atomic E-state index is 11.9. The maximum Gasteiger partial charge on any atom is 0.407 e. The van der Waals surface area contributed by atoms with E-state index in [1.54, 1.807) is 0 Å². The average molecular weight is 314 g/mol. The average Bonchev–Trinajstić information content (AvgIpc) is 2.53. The van der Waals surface area contributed by atoms with E-state index >= 15 is 0 Å². The zero-order valence-corrected chi connectivity index (χ0v) is 13.2. The highest BCUT2D eigenvalue weighted by atomic mass is 16.5. The van der Waals surface area contributed by atoms with Crippen LogP contribution in [0.15, 0.2) is 42.5 Å². The normalized spacial score (nSPS) is 11.9. The van der Waals surface area contributed by atoms with E-state index in [-0.39, 0.29) is 6.42 Å². The number of carbonyl (C=O) groups is 2. The number of amides is 2. The summed E-state index contributed by atoms with van der Waals surface area (Å²) >= 11 is 0.